The average Bonchev–Trinajstić information content (AvgIpc) is 2.37. The Labute approximate surface area is 121 Å². The number of hydrogen-bond acceptors (Lipinski definition) is 2. The van der Waals surface area contributed by atoms with E-state index >= 15 is 0 Å². The Bertz CT molecular complexity index is 239. The highest BCUT2D eigenvalue weighted by Crippen LogP contribution is 2.38. The van der Waals surface area contributed by atoms with E-state index in [9.17, 15) is 0 Å². The van der Waals surface area contributed by atoms with Crippen LogP contribution < -0.4 is 5.73 Å². The molecule has 1 saturated carbocycles. The van der Waals surface area contributed by atoms with E-state index in [4.69, 9.17) is 5.73 Å². The summed E-state index contributed by atoms with van der Waals surface area (Å²) in [7, 11) is 4.46. The Hall–Kier alpha value is -0.0800. The zero-order valence-electron chi connectivity index (χ0n) is 13.8. The minimum absolute atomic E-state index is 0.266. The molecule has 0 amide bonds. The first-order chi connectivity index (χ1) is 9.03. The lowest BCUT2D eigenvalue weighted by Gasteiger charge is -2.49. The smallest absolute Gasteiger partial charge is 0.0356 e. The zero-order chi connectivity index (χ0) is 14.3. The van der Waals surface area contributed by atoms with Gasteiger partial charge in [-0.3, -0.25) is 0 Å². The van der Waals surface area contributed by atoms with Crippen molar-refractivity contribution in [2.24, 2.45) is 11.7 Å². The fourth-order valence-corrected chi connectivity index (χ4v) is 3.88. The van der Waals surface area contributed by atoms with Gasteiger partial charge in [0, 0.05) is 11.6 Å². The summed E-state index contributed by atoms with van der Waals surface area (Å²) in [5.41, 5.74) is 6.89. The minimum Gasteiger partial charge on any atom is -0.326 e. The first-order valence-electron chi connectivity index (χ1n) is 8.46. The van der Waals surface area contributed by atoms with Gasteiger partial charge in [0.1, 0.15) is 0 Å². The van der Waals surface area contributed by atoms with Crippen LogP contribution >= 0.6 is 0 Å². The van der Waals surface area contributed by atoms with Crippen LogP contribution in [0.1, 0.15) is 78.1 Å². The van der Waals surface area contributed by atoms with Gasteiger partial charge in [-0.2, -0.15) is 0 Å². The molecule has 0 spiro atoms. The molecule has 3 atom stereocenters. The van der Waals surface area contributed by atoms with Crippen LogP contribution in [0.5, 0.6) is 0 Å². The van der Waals surface area contributed by atoms with Gasteiger partial charge in [0.2, 0.25) is 0 Å². The monoisotopic (exact) mass is 268 g/mol. The van der Waals surface area contributed by atoms with Crippen molar-refractivity contribution in [1.82, 2.24) is 4.90 Å². The second kappa shape index (κ2) is 8.26. The number of nitrogens with two attached hydrogens (primary N) is 1. The predicted molar refractivity (Wildman–Crippen MR) is 85.4 cm³/mol. The molecule has 1 rings (SSSR count). The second-order valence-electron chi connectivity index (χ2n) is 7.01. The van der Waals surface area contributed by atoms with E-state index in [2.05, 4.69) is 32.8 Å². The van der Waals surface area contributed by atoms with Gasteiger partial charge >= 0.3 is 0 Å². The Balaban J connectivity index is 2.46. The molecule has 1 aliphatic rings. The molecule has 0 heterocycles. The molecule has 0 aliphatic heterocycles. The molecule has 0 aromatic carbocycles. The number of unbranched alkanes of at least 4 members (excludes halogenated alkanes) is 4. The van der Waals surface area contributed by atoms with Gasteiger partial charge in [0.15, 0.2) is 0 Å². The molecule has 0 saturated heterocycles. The van der Waals surface area contributed by atoms with Crippen LogP contribution in [0.2, 0.25) is 0 Å². The maximum Gasteiger partial charge on any atom is 0.0356 e. The third-order valence-corrected chi connectivity index (χ3v) is 5.21. The largest absolute Gasteiger partial charge is 0.326 e. The number of rotatable bonds is 8. The van der Waals surface area contributed by atoms with Crippen LogP contribution in [0.4, 0.5) is 0 Å². The van der Waals surface area contributed by atoms with Crippen LogP contribution in [0.3, 0.4) is 0 Å². The highest BCUT2D eigenvalue weighted by molar-refractivity contribution is 5.00. The molecule has 1 fully saturated rings. The van der Waals surface area contributed by atoms with Gasteiger partial charge in [-0.1, -0.05) is 58.8 Å². The molecule has 0 bridgehead atoms. The van der Waals surface area contributed by atoms with Gasteiger partial charge in [0.25, 0.3) is 0 Å². The molecule has 0 aromatic rings. The number of nitrogens with zero attached hydrogens (tertiary/aromatic N) is 1. The highest BCUT2D eigenvalue weighted by atomic mass is 15.2. The van der Waals surface area contributed by atoms with E-state index < -0.39 is 0 Å². The van der Waals surface area contributed by atoms with Crippen LogP contribution in [-0.4, -0.2) is 30.6 Å². The number of hydrogen-bond donors (Lipinski definition) is 1. The fourth-order valence-electron chi connectivity index (χ4n) is 3.88. The van der Waals surface area contributed by atoms with Crippen molar-refractivity contribution in [2.75, 3.05) is 14.1 Å². The summed E-state index contributed by atoms with van der Waals surface area (Å²) >= 11 is 0. The predicted octanol–water partition coefficient (Wildman–Crippen LogP) is 4.18. The number of likely N-dealkylation sites (N-methyl/N-ethyl adjacent to an activating group) is 1. The van der Waals surface area contributed by atoms with Crippen LogP contribution in [-0.2, 0) is 0 Å². The third-order valence-electron chi connectivity index (χ3n) is 5.21. The lowest BCUT2D eigenvalue weighted by atomic mass is 9.70. The topological polar surface area (TPSA) is 29.3 Å². The Morgan fingerprint density at radius 3 is 2.47 bits per heavy atom. The zero-order valence-corrected chi connectivity index (χ0v) is 13.8. The molecule has 0 aromatic heterocycles. The van der Waals surface area contributed by atoms with Gasteiger partial charge in [-0.25, -0.2) is 0 Å². The van der Waals surface area contributed by atoms with Crippen molar-refractivity contribution in [2.45, 2.75) is 89.6 Å². The van der Waals surface area contributed by atoms with Crippen LogP contribution in [0, 0.1) is 5.92 Å². The summed E-state index contributed by atoms with van der Waals surface area (Å²) in [6.45, 7) is 4.67. The molecule has 0 radical (unpaired) electrons. The molecule has 1 aliphatic carbocycles. The quantitative estimate of drug-likeness (QED) is 0.669. The Morgan fingerprint density at radius 2 is 1.89 bits per heavy atom. The van der Waals surface area contributed by atoms with Gasteiger partial charge in [-0.05, 0) is 39.3 Å². The third kappa shape index (κ3) is 4.75. The van der Waals surface area contributed by atoms with Crippen molar-refractivity contribution in [3.63, 3.8) is 0 Å². The summed E-state index contributed by atoms with van der Waals surface area (Å²) in [6.07, 6.45) is 13.3. The van der Waals surface area contributed by atoms with Gasteiger partial charge < -0.3 is 10.6 Å². The van der Waals surface area contributed by atoms with Gasteiger partial charge in [-0.15, -0.1) is 0 Å². The fraction of sp³-hybridized carbons (Fsp3) is 1.00. The SMILES string of the molecule is CCCCCCCC(N)C1(N(C)C)CCCC(C)C1. The lowest BCUT2D eigenvalue weighted by molar-refractivity contribution is 0.0468. The first kappa shape index (κ1) is 17.0. The summed E-state index contributed by atoms with van der Waals surface area (Å²) in [4.78, 5) is 2.43. The highest BCUT2D eigenvalue weighted by Gasteiger charge is 2.41. The van der Waals surface area contributed by atoms with E-state index in [1.807, 2.05) is 0 Å². The normalized spacial score (nSPS) is 29.7. The maximum absolute atomic E-state index is 6.62. The standard InChI is InChI=1S/C17H36N2/c1-5-6-7-8-9-12-16(18)17(19(3)4)13-10-11-15(2)14-17/h15-16H,5-14,18H2,1-4H3. The molecule has 2 nitrogen and oxygen atoms in total. The Kier molecular flexibility index (Phi) is 7.38. The van der Waals surface area contributed by atoms with E-state index in [1.165, 1.54) is 64.2 Å². The van der Waals surface area contributed by atoms with E-state index in [0.717, 1.165) is 5.92 Å². The van der Waals surface area contributed by atoms with Crippen LogP contribution in [0.15, 0.2) is 0 Å². The molecular weight excluding hydrogens is 232 g/mol. The summed E-state index contributed by atoms with van der Waals surface area (Å²) in [5, 5.41) is 0. The molecule has 19 heavy (non-hydrogen) atoms. The molecule has 2 N–H and O–H groups in total. The Morgan fingerprint density at radius 1 is 1.21 bits per heavy atom. The van der Waals surface area contributed by atoms with Crippen molar-refractivity contribution in [3.05, 3.63) is 0 Å². The molecule has 3 unspecified atom stereocenters. The first-order valence-corrected chi connectivity index (χ1v) is 8.46. The summed E-state index contributed by atoms with van der Waals surface area (Å²) < 4.78 is 0. The molecule has 2 heteroatoms. The van der Waals surface area contributed by atoms with Gasteiger partial charge in [0.05, 0.1) is 0 Å². The van der Waals surface area contributed by atoms with Crippen LogP contribution in [0.25, 0.3) is 0 Å². The lowest BCUT2D eigenvalue weighted by Crippen LogP contribution is -2.59. The van der Waals surface area contributed by atoms with Crippen molar-refractivity contribution >= 4 is 0 Å². The minimum atomic E-state index is 0.266. The average molecular weight is 268 g/mol. The van der Waals surface area contributed by atoms with Crippen molar-refractivity contribution < 1.29 is 0 Å². The van der Waals surface area contributed by atoms with E-state index in [1.54, 1.807) is 0 Å². The van der Waals surface area contributed by atoms with Crippen molar-refractivity contribution in [3.8, 4) is 0 Å². The second-order valence-corrected chi connectivity index (χ2v) is 7.01. The summed E-state index contributed by atoms with van der Waals surface area (Å²) in [6, 6.07) is 0.354. The summed E-state index contributed by atoms with van der Waals surface area (Å²) in [5.74, 6) is 0.835. The maximum atomic E-state index is 6.62. The van der Waals surface area contributed by atoms with E-state index in [-0.39, 0.29) is 5.54 Å². The molecular formula is C17H36N2. The molecule has 114 valence electrons. The van der Waals surface area contributed by atoms with Crippen molar-refractivity contribution in [1.29, 1.82) is 0 Å². The van der Waals surface area contributed by atoms with E-state index in [0.29, 0.717) is 6.04 Å².